The minimum atomic E-state index is -0.194. The molecule has 2 aliphatic rings. The van der Waals surface area contributed by atoms with Crippen molar-refractivity contribution in [1.82, 2.24) is 15.6 Å². The number of anilines is 2. The molecule has 0 radical (unpaired) electrons. The molecular weight excluding hydrogens is 494 g/mol. The summed E-state index contributed by atoms with van der Waals surface area (Å²) in [6.45, 7) is 6.54. The van der Waals surface area contributed by atoms with Crippen molar-refractivity contribution in [1.29, 1.82) is 0 Å². The van der Waals surface area contributed by atoms with E-state index in [0.717, 1.165) is 49.6 Å². The smallest absolute Gasteiger partial charge is 0.191 e. The zero-order valence-corrected chi connectivity index (χ0v) is 19.8. The first-order valence-electron chi connectivity index (χ1n) is 10.3. The number of rotatable bonds is 5. The number of piperazine rings is 1. The second-order valence-electron chi connectivity index (χ2n) is 7.86. The summed E-state index contributed by atoms with van der Waals surface area (Å²) in [6, 6.07) is 11.5. The quantitative estimate of drug-likeness (QED) is 0.358. The predicted molar refractivity (Wildman–Crippen MR) is 131 cm³/mol. The van der Waals surface area contributed by atoms with Crippen LogP contribution < -0.4 is 20.4 Å². The Kier molecular flexibility index (Phi) is 7.74. The molecule has 0 bridgehead atoms. The van der Waals surface area contributed by atoms with Gasteiger partial charge < -0.3 is 20.4 Å². The van der Waals surface area contributed by atoms with Crippen molar-refractivity contribution in [2.75, 3.05) is 43.0 Å². The molecule has 0 spiro atoms. The number of nitrogens with one attached hydrogen (secondary N) is 2. The highest BCUT2D eigenvalue weighted by Crippen LogP contribution is 2.28. The summed E-state index contributed by atoms with van der Waals surface area (Å²) < 4.78 is 13.1. The minimum Gasteiger partial charge on any atom is -0.368 e. The molecule has 1 aromatic heterocycles. The van der Waals surface area contributed by atoms with Crippen LogP contribution in [0.5, 0.6) is 0 Å². The Balaban J connectivity index is 0.00000256. The maximum atomic E-state index is 13.1. The average molecular weight is 524 g/mol. The molecule has 6 nitrogen and oxygen atoms in total. The molecule has 0 amide bonds. The lowest BCUT2D eigenvalue weighted by molar-refractivity contribution is 0.624. The third-order valence-corrected chi connectivity index (χ3v) is 5.72. The van der Waals surface area contributed by atoms with Crippen molar-refractivity contribution >= 4 is 41.4 Å². The Morgan fingerprint density at radius 2 is 1.80 bits per heavy atom. The van der Waals surface area contributed by atoms with E-state index >= 15 is 0 Å². The SMILES string of the molecule is CN=C(NCc1ccnc(N2CCN(c3ccc(F)cc3)CC2)c1)NC1CC1C.I. The van der Waals surface area contributed by atoms with Crippen molar-refractivity contribution in [3.63, 3.8) is 0 Å². The second-order valence-corrected chi connectivity index (χ2v) is 7.86. The molecule has 8 heteroatoms. The van der Waals surface area contributed by atoms with E-state index in [4.69, 9.17) is 0 Å². The number of halogens is 2. The van der Waals surface area contributed by atoms with Crippen LogP contribution in [-0.2, 0) is 6.54 Å². The Labute approximate surface area is 195 Å². The van der Waals surface area contributed by atoms with Gasteiger partial charge in [-0.15, -0.1) is 24.0 Å². The summed E-state index contributed by atoms with van der Waals surface area (Å²) in [5.74, 6) is 2.39. The molecule has 2 aromatic rings. The maximum absolute atomic E-state index is 13.1. The Morgan fingerprint density at radius 1 is 1.13 bits per heavy atom. The van der Waals surface area contributed by atoms with Gasteiger partial charge in [-0.1, -0.05) is 6.92 Å². The van der Waals surface area contributed by atoms with Crippen molar-refractivity contribution in [3.05, 3.63) is 54.0 Å². The van der Waals surface area contributed by atoms with Crippen LogP contribution >= 0.6 is 24.0 Å². The predicted octanol–water partition coefficient (Wildman–Crippen LogP) is 3.24. The Hall–Kier alpha value is -2.10. The monoisotopic (exact) mass is 524 g/mol. The normalized spacial score (nSPS) is 21.1. The number of hydrogen-bond donors (Lipinski definition) is 2. The third kappa shape index (κ3) is 5.74. The van der Waals surface area contributed by atoms with Gasteiger partial charge in [-0.25, -0.2) is 9.37 Å². The van der Waals surface area contributed by atoms with E-state index in [9.17, 15) is 4.39 Å². The van der Waals surface area contributed by atoms with Gasteiger partial charge >= 0.3 is 0 Å². The van der Waals surface area contributed by atoms with Gasteiger partial charge in [0.2, 0.25) is 0 Å². The molecule has 2 heterocycles. The van der Waals surface area contributed by atoms with Crippen LogP contribution in [0.4, 0.5) is 15.9 Å². The molecule has 1 aromatic carbocycles. The number of nitrogens with zero attached hydrogens (tertiary/aromatic N) is 4. The lowest BCUT2D eigenvalue weighted by Gasteiger charge is -2.36. The zero-order valence-electron chi connectivity index (χ0n) is 17.5. The minimum absolute atomic E-state index is 0. The molecule has 1 saturated carbocycles. The van der Waals surface area contributed by atoms with E-state index in [1.807, 2.05) is 24.4 Å². The van der Waals surface area contributed by atoms with Crippen LogP contribution in [0.1, 0.15) is 18.9 Å². The van der Waals surface area contributed by atoms with E-state index in [-0.39, 0.29) is 29.8 Å². The van der Waals surface area contributed by atoms with Crippen LogP contribution in [0, 0.1) is 11.7 Å². The summed E-state index contributed by atoms with van der Waals surface area (Å²) in [4.78, 5) is 13.5. The number of pyridine rings is 1. The van der Waals surface area contributed by atoms with E-state index in [1.54, 1.807) is 7.05 Å². The largest absolute Gasteiger partial charge is 0.368 e. The molecule has 2 atom stereocenters. The maximum Gasteiger partial charge on any atom is 0.191 e. The van der Waals surface area contributed by atoms with Gasteiger partial charge in [-0.2, -0.15) is 0 Å². The lowest BCUT2D eigenvalue weighted by Crippen LogP contribution is -2.46. The van der Waals surface area contributed by atoms with E-state index in [2.05, 4.69) is 43.4 Å². The molecule has 2 unspecified atom stereocenters. The van der Waals surface area contributed by atoms with Gasteiger partial charge in [0, 0.05) is 57.7 Å². The van der Waals surface area contributed by atoms with Gasteiger partial charge in [-0.05, 0) is 54.3 Å². The first-order chi connectivity index (χ1) is 14.1. The van der Waals surface area contributed by atoms with Gasteiger partial charge in [0.05, 0.1) is 0 Å². The van der Waals surface area contributed by atoms with Crippen LogP contribution in [0.3, 0.4) is 0 Å². The first-order valence-corrected chi connectivity index (χ1v) is 10.3. The number of aromatic nitrogens is 1. The molecule has 2 N–H and O–H groups in total. The highest BCUT2D eigenvalue weighted by atomic mass is 127. The summed E-state index contributed by atoms with van der Waals surface area (Å²) in [6.07, 6.45) is 3.09. The number of guanidine groups is 1. The van der Waals surface area contributed by atoms with Gasteiger partial charge in [0.1, 0.15) is 11.6 Å². The number of aliphatic imine (C=N–C) groups is 1. The molecule has 1 saturated heterocycles. The number of hydrogen-bond acceptors (Lipinski definition) is 4. The third-order valence-electron chi connectivity index (χ3n) is 5.72. The Bertz CT molecular complexity index is 851. The van der Waals surface area contributed by atoms with Crippen LogP contribution in [-0.4, -0.2) is 50.2 Å². The molecule has 2 fully saturated rings. The summed E-state index contributed by atoms with van der Waals surface area (Å²) in [5, 5.41) is 6.84. The average Bonchev–Trinajstić information content (AvgIpc) is 3.46. The lowest BCUT2D eigenvalue weighted by atomic mass is 10.2. The van der Waals surface area contributed by atoms with E-state index in [1.165, 1.54) is 24.1 Å². The Morgan fingerprint density at radius 3 is 2.43 bits per heavy atom. The first kappa shape index (κ1) is 22.6. The van der Waals surface area contributed by atoms with Crippen LogP contribution in [0.2, 0.25) is 0 Å². The highest BCUT2D eigenvalue weighted by molar-refractivity contribution is 14.0. The van der Waals surface area contributed by atoms with Crippen molar-refractivity contribution in [3.8, 4) is 0 Å². The fourth-order valence-corrected chi connectivity index (χ4v) is 3.67. The highest BCUT2D eigenvalue weighted by Gasteiger charge is 2.33. The summed E-state index contributed by atoms with van der Waals surface area (Å²) >= 11 is 0. The van der Waals surface area contributed by atoms with Gasteiger partial charge in [0.15, 0.2) is 5.96 Å². The zero-order chi connectivity index (χ0) is 20.2. The van der Waals surface area contributed by atoms with Gasteiger partial charge in [0.25, 0.3) is 0 Å². The molecule has 4 rings (SSSR count). The fraction of sp³-hybridized carbons (Fsp3) is 0.455. The summed E-state index contributed by atoms with van der Waals surface area (Å²) in [5.41, 5.74) is 2.25. The molecule has 30 heavy (non-hydrogen) atoms. The molecule has 1 aliphatic heterocycles. The molecular formula is C22H30FIN6. The van der Waals surface area contributed by atoms with Crippen LogP contribution in [0.25, 0.3) is 0 Å². The van der Waals surface area contributed by atoms with Crippen molar-refractivity contribution < 1.29 is 4.39 Å². The molecule has 162 valence electrons. The van der Waals surface area contributed by atoms with E-state index < -0.39 is 0 Å². The van der Waals surface area contributed by atoms with E-state index in [0.29, 0.717) is 12.6 Å². The fourth-order valence-electron chi connectivity index (χ4n) is 3.67. The topological polar surface area (TPSA) is 55.8 Å². The van der Waals surface area contributed by atoms with Crippen molar-refractivity contribution in [2.45, 2.75) is 25.9 Å². The standard InChI is InChI=1S/C22H29FN6.HI/c1-16-13-20(16)27-22(24-2)26-15-17-7-8-25-21(14-17)29-11-9-28(10-12-29)19-5-3-18(23)4-6-19;/h3-8,14,16,20H,9-13,15H2,1-2H3,(H2,24,26,27);1H. The summed E-state index contributed by atoms with van der Waals surface area (Å²) in [7, 11) is 1.81. The van der Waals surface area contributed by atoms with Crippen molar-refractivity contribution in [2.24, 2.45) is 10.9 Å². The number of benzene rings is 1. The molecule has 1 aliphatic carbocycles. The van der Waals surface area contributed by atoms with Gasteiger partial charge in [-0.3, -0.25) is 4.99 Å². The van der Waals surface area contributed by atoms with Crippen LogP contribution in [0.15, 0.2) is 47.6 Å². The second kappa shape index (κ2) is 10.3.